The Morgan fingerprint density at radius 3 is 2.36 bits per heavy atom. The molecular formula is C22H20N2S. The summed E-state index contributed by atoms with van der Waals surface area (Å²) in [6, 6.07) is 21.2. The van der Waals surface area contributed by atoms with Gasteiger partial charge in [0.1, 0.15) is 6.33 Å². The molecule has 0 N–H and O–H groups in total. The van der Waals surface area contributed by atoms with Crippen molar-refractivity contribution in [2.24, 2.45) is 0 Å². The normalized spacial score (nSPS) is 22.4. The zero-order valence-corrected chi connectivity index (χ0v) is 14.9. The summed E-state index contributed by atoms with van der Waals surface area (Å²) < 4.78 is 2.25. The maximum absolute atomic E-state index is 4.31. The van der Waals surface area contributed by atoms with Crippen LogP contribution < -0.4 is 0 Å². The van der Waals surface area contributed by atoms with Crippen LogP contribution in [0.2, 0.25) is 0 Å². The van der Waals surface area contributed by atoms with Gasteiger partial charge in [0.2, 0.25) is 0 Å². The van der Waals surface area contributed by atoms with Gasteiger partial charge in [-0.3, -0.25) is 3.97 Å². The van der Waals surface area contributed by atoms with Crippen molar-refractivity contribution >= 4 is 20.7 Å². The van der Waals surface area contributed by atoms with Crippen LogP contribution in [0.3, 0.4) is 0 Å². The molecule has 0 bridgehead atoms. The molecule has 0 amide bonds. The van der Waals surface area contributed by atoms with Gasteiger partial charge < -0.3 is 0 Å². The Morgan fingerprint density at radius 1 is 1.00 bits per heavy atom. The van der Waals surface area contributed by atoms with E-state index in [9.17, 15) is 0 Å². The number of rotatable bonds is 4. The topological polar surface area (TPSA) is 17.8 Å². The van der Waals surface area contributed by atoms with E-state index in [1.807, 2.05) is 12.5 Å². The molecule has 0 radical (unpaired) electrons. The van der Waals surface area contributed by atoms with Crippen molar-refractivity contribution in [1.29, 1.82) is 0 Å². The van der Waals surface area contributed by atoms with Gasteiger partial charge >= 0.3 is 0 Å². The number of hydrogen-bond acceptors (Lipinski definition) is 1. The summed E-state index contributed by atoms with van der Waals surface area (Å²) in [5.74, 6) is 0. The molecule has 1 unspecified atom stereocenters. The lowest BCUT2D eigenvalue weighted by Crippen LogP contribution is -2.05. The average molecular weight is 344 g/mol. The van der Waals surface area contributed by atoms with Crippen LogP contribution in [0.15, 0.2) is 102 Å². The van der Waals surface area contributed by atoms with Crippen molar-refractivity contribution in [3.8, 4) is 0 Å². The lowest BCUT2D eigenvalue weighted by atomic mass is 10.1. The van der Waals surface area contributed by atoms with Crippen LogP contribution >= 0.6 is 10.2 Å². The van der Waals surface area contributed by atoms with Crippen molar-refractivity contribution < 1.29 is 0 Å². The van der Waals surface area contributed by atoms with Crippen molar-refractivity contribution in [2.75, 3.05) is 0 Å². The van der Waals surface area contributed by atoms with Crippen molar-refractivity contribution in [1.82, 2.24) is 8.96 Å². The van der Waals surface area contributed by atoms with Gasteiger partial charge in [-0.05, 0) is 40.5 Å². The highest BCUT2D eigenvalue weighted by Gasteiger charge is 2.30. The van der Waals surface area contributed by atoms with Crippen molar-refractivity contribution in [2.45, 2.75) is 6.92 Å². The molecule has 4 rings (SSSR count). The molecule has 3 aromatic rings. The van der Waals surface area contributed by atoms with Crippen LogP contribution in [0.4, 0.5) is 0 Å². The van der Waals surface area contributed by atoms with E-state index in [-0.39, 0.29) is 0 Å². The third-order valence-electron chi connectivity index (χ3n) is 4.37. The fourth-order valence-electron chi connectivity index (χ4n) is 3.20. The second-order valence-corrected chi connectivity index (χ2v) is 8.57. The third-order valence-corrected chi connectivity index (χ3v) is 7.62. The summed E-state index contributed by atoms with van der Waals surface area (Å²) in [5, 5.41) is 4.76. The van der Waals surface area contributed by atoms with Gasteiger partial charge in [-0.15, -0.1) is 0 Å². The molecule has 3 heteroatoms. The summed E-state index contributed by atoms with van der Waals surface area (Å²) in [7, 11) is -1.47. The first-order chi connectivity index (χ1) is 12.3. The Bertz CT molecular complexity index is 938. The number of benzene rings is 2. The molecular weight excluding hydrogens is 324 g/mol. The first kappa shape index (κ1) is 15.7. The van der Waals surface area contributed by atoms with E-state index < -0.39 is 10.2 Å². The highest BCUT2D eigenvalue weighted by atomic mass is 32.3. The first-order valence-corrected chi connectivity index (χ1v) is 10.0. The number of aromatic nitrogens is 2. The Labute approximate surface area is 150 Å². The van der Waals surface area contributed by atoms with E-state index in [1.165, 1.54) is 21.6 Å². The minimum atomic E-state index is -1.47. The summed E-state index contributed by atoms with van der Waals surface area (Å²) in [4.78, 5) is 5.64. The van der Waals surface area contributed by atoms with Gasteiger partial charge in [-0.25, -0.2) is 4.98 Å². The highest BCUT2D eigenvalue weighted by molar-refractivity contribution is 8.44. The molecule has 1 aliphatic rings. The second-order valence-electron chi connectivity index (χ2n) is 5.86. The van der Waals surface area contributed by atoms with Crippen LogP contribution in [0.25, 0.3) is 10.5 Å². The largest absolute Gasteiger partial charge is 0.288 e. The zero-order valence-electron chi connectivity index (χ0n) is 14.1. The fraction of sp³-hybridized carbons (Fsp3) is 0.0455. The predicted octanol–water partition coefficient (Wildman–Crippen LogP) is 6.08. The highest BCUT2D eigenvalue weighted by Crippen LogP contribution is 2.66. The number of hydrogen-bond donors (Lipinski definition) is 0. The van der Waals surface area contributed by atoms with Crippen LogP contribution in [0, 0.1) is 0 Å². The zero-order chi connectivity index (χ0) is 17.1. The minimum Gasteiger partial charge on any atom is -0.288 e. The fourth-order valence-corrected chi connectivity index (χ4v) is 6.35. The molecule has 0 saturated carbocycles. The Morgan fingerprint density at radius 2 is 1.72 bits per heavy atom. The smallest absolute Gasteiger partial charge is 0.104 e. The predicted molar refractivity (Wildman–Crippen MR) is 109 cm³/mol. The molecule has 0 spiro atoms. The van der Waals surface area contributed by atoms with Gasteiger partial charge in [-0.1, -0.05) is 77.0 Å². The molecule has 1 aromatic heterocycles. The molecule has 2 aromatic carbocycles. The summed E-state index contributed by atoms with van der Waals surface area (Å²) in [5.41, 5.74) is 3.76. The van der Waals surface area contributed by atoms with Crippen molar-refractivity contribution in [3.63, 3.8) is 0 Å². The van der Waals surface area contributed by atoms with Gasteiger partial charge in [0.15, 0.2) is 0 Å². The molecule has 1 aliphatic heterocycles. The van der Waals surface area contributed by atoms with Gasteiger partial charge in [0, 0.05) is 17.3 Å². The lowest BCUT2D eigenvalue weighted by molar-refractivity contribution is 1.22. The van der Waals surface area contributed by atoms with Crippen molar-refractivity contribution in [3.05, 3.63) is 113 Å². The van der Waals surface area contributed by atoms with E-state index >= 15 is 0 Å². The third kappa shape index (κ3) is 2.77. The molecule has 0 fully saturated rings. The van der Waals surface area contributed by atoms with Crippen LogP contribution in [-0.4, -0.2) is 8.96 Å². The van der Waals surface area contributed by atoms with E-state index in [4.69, 9.17) is 0 Å². The molecule has 0 saturated heterocycles. The first-order valence-electron chi connectivity index (χ1n) is 8.32. The molecule has 124 valence electrons. The summed E-state index contributed by atoms with van der Waals surface area (Å²) >= 11 is 0. The quantitative estimate of drug-likeness (QED) is 0.561. The molecule has 25 heavy (non-hydrogen) atoms. The summed E-state index contributed by atoms with van der Waals surface area (Å²) in [6.45, 7) is 2.12. The Balaban J connectivity index is 1.89. The minimum absolute atomic E-state index is 1.25. The van der Waals surface area contributed by atoms with E-state index in [1.54, 1.807) is 0 Å². The van der Waals surface area contributed by atoms with E-state index in [2.05, 4.69) is 106 Å². The van der Waals surface area contributed by atoms with E-state index in [0.717, 1.165) is 0 Å². The number of allylic oxidation sites excluding steroid dienone is 3. The SMILES string of the molecule is CC=C(c1ccccc1)S1(n2ccnc2)C=CC(c2ccccc2)=C1. The van der Waals surface area contributed by atoms with E-state index in [0.29, 0.717) is 0 Å². The summed E-state index contributed by atoms with van der Waals surface area (Å²) in [6.07, 6.45) is 10.3. The average Bonchev–Trinajstić information content (AvgIpc) is 3.35. The molecule has 0 aliphatic carbocycles. The molecule has 2 heterocycles. The van der Waals surface area contributed by atoms with Gasteiger partial charge in [0.25, 0.3) is 0 Å². The second kappa shape index (κ2) is 6.61. The standard InChI is InChI=1S/C22H20N2S/c1-2-22(20-11-7-4-8-12-20)25(24-15-14-23-18-24)16-13-21(17-25)19-9-5-3-6-10-19/h2-18H,1H3. The maximum Gasteiger partial charge on any atom is 0.104 e. The molecule has 1 atom stereocenters. The lowest BCUT2D eigenvalue weighted by Gasteiger charge is -2.36. The number of imidazole rings is 1. The van der Waals surface area contributed by atoms with Crippen LogP contribution in [-0.2, 0) is 0 Å². The monoisotopic (exact) mass is 344 g/mol. The molecule has 2 nitrogen and oxygen atoms in total. The van der Waals surface area contributed by atoms with Crippen LogP contribution in [0.5, 0.6) is 0 Å². The van der Waals surface area contributed by atoms with Gasteiger partial charge in [0.05, 0.1) is 0 Å². The Hall–Kier alpha value is -2.78. The van der Waals surface area contributed by atoms with Crippen LogP contribution in [0.1, 0.15) is 18.1 Å². The Kier molecular flexibility index (Phi) is 4.16. The number of nitrogens with zero attached hydrogens (tertiary/aromatic N) is 2. The van der Waals surface area contributed by atoms with Gasteiger partial charge in [-0.2, -0.15) is 0 Å². The maximum atomic E-state index is 4.31.